The van der Waals surface area contributed by atoms with Crippen LogP contribution in [0.1, 0.15) is 20.3 Å². The molecular weight excluding hydrogens is 212 g/mol. The average molecular weight is 228 g/mol. The SMILES string of the molecule is CC[C@@H]([C@@H](C)O)S(=O)(=O)c1ccccc1. The van der Waals surface area contributed by atoms with Crippen LogP contribution in [0.2, 0.25) is 0 Å². The van der Waals surface area contributed by atoms with Crippen molar-refractivity contribution in [2.45, 2.75) is 36.5 Å². The molecule has 1 aromatic rings. The third kappa shape index (κ3) is 2.58. The first-order chi connectivity index (χ1) is 7.00. The van der Waals surface area contributed by atoms with Gasteiger partial charge in [-0.3, -0.25) is 0 Å². The van der Waals surface area contributed by atoms with Gasteiger partial charge in [0, 0.05) is 0 Å². The smallest absolute Gasteiger partial charge is 0.183 e. The molecular formula is C11H16O3S. The van der Waals surface area contributed by atoms with E-state index < -0.39 is 21.2 Å². The van der Waals surface area contributed by atoms with Gasteiger partial charge in [-0.1, -0.05) is 25.1 Å². The summed E-state index contributed by atoms with van der Waals surface area (Å²) in [6.45, 7) is 3.27. The van der Waals surface area contributed by atoms with Crippen molar-refractivity contribution in [2.24, 2.45) is 0 Å². The lowest BCUT2D eigenvalue weighted by Crippen LogP contribution is -2.31. The highest BCUT2D eigenvalue weighted by molar-refractivity contribution is 7.92. The summed E-state index contributed by atoms with van der Waals surface area (Å²) in [5.74, 6) is 0. The van der Waals surface area contributed by atoms with E-state index in [9.17, 15) is 13.5 Å². The number of sulfone groups is 1. The summed E-state index contributed by atoms with van der Waals surface area (Å²) in [6.07, 6.45) is -0.435. The third-order valence-electron chi connectivity index (χ3n) is 2.41. The number of hydrogen-bond acceptors (Lipinski definition) is 3. The Morgan fingerprint density at radius 2 is 1.80 bits per heavy atom. The number of aliphatic hydroxyl groups is 1. The lowest BCUT2D eigenvalue weighted by Gasteiger charge is -2.18. The maximum Gasteiger partial charge on any atom is 0.183 e. The van der Waals surface area contributed by atoms with Crippen LogP contribution >= 0.6 is 0 Å². The maximum absolute atomic E-state index is 12.0. The summed E-state index contributed by atoms with van der Waals surface area (Å²) in [7, 11) is -3.40. The van der Waals surface area contributed by atoms with E-state index in [0.29, 0.717) is 6.42 Å². The number of aliphatic hydroxyl groups excluding tert-OH is 1. The molecule has 1 aromatic carbocycles. The number of rotatable bonds is 4. The van der Waals surface area contributed by atoms with Crippen molar-refractivity contribution < 1.29 is 13.5 Å². The molecule has 1 rings (SSSR count). The minimum Gasteiger partial charge on any atom is -0.392 e. The highest BCUT2D eigenvalue weighted by Gasteiger charge is 2.29. The highest BCUT2D eigenvalue weighted by atomic mass is 32.2. The van der Waals surface area contributed by atoms with Gasteiger partial charge in [0.2, 0.25) is 0 Å². The molecule has 15 heavy (non-hydrogen) atoms. The lowest BCUT2D eigenvalue weighted by atomic mass is 10.2. The van der Waals surface area contributed by atoms with Gasteiger partial charge in [0.1, 0.15) is 0 Å². The molecule has 0 aromatic heterocycles. The van der Waals surface area contributed by atoms with Crippen LogP contribution in [0, 0.1) is 0 Å². The molecule has 0 aliphatic heterocycles. The van der Waals surface area contributed by atoms with Crippen LogP contribution in [0.5, 0.6) is 0 Å². The number of hydrogen-bond donors (Lipinski definition) is 1. The summed E-state index contributed by atoms with van der Waals surface area (Å²) < 4.78 is 24.1. The molecule has 0 heterocycles. The van der Waals surface area contributed by atoms with E-state index in [2.05, 4.69) is 0 Å². The molecule has 0 radical (unpaired) electrons. The molecule has 0 saturated heterocycles. The van der Waals surface area contributed by atoms with E-state index in [1.54, 1.807) is 37.3 Å². The Balaban J connectivity index is 3.13. The molecule has 0 fully saturated rings. The Labute approximate surface area is 90.7 Å². The van der Waals surface area contributed by atoms with E-state index in [1.165, 1.54) is 6.92 Å². The van der Waals surface area contributed by atoms with Gasteiger partial charge in [-0.05, 0) is 25.5 Å². The number of benzene rings is 1. The molecule has 0 bridgehead atoms. The maximum atomic E-state index is 12.0. The van der Waals surface area contributed by atoms with Crippen LogP contribution < -0.4 is 0 Å². The minimum atomic E-state index is -3.40. The minimum absolute atomic E-state index is 0.276. The molecule has 0 amide bonds. The second-order valence-electron chi connectivity index (χ2n) is 3.55. The van der Waals surface area contributed by atoms with E-state index in [-0.39, 0.29) is 4.90 Å². The summed E-state index contributed by atoms with van der Waals surface area (Å²) in [4.78, 5) is 0.276. The Hall–Kier alpha value is -0.870. The van der Waals surface area contributed by atoms with Gasteiger partial charge in [-0.25, -0.2) is 8.42 Å². The van der Waals surface area contributed by atoms with E-state index in [4.69, 9.17) is 0 Å². The normalized spacial score (nSPS) is 15.9. The Bertz CT molecular complexity index is 395. The Morgan fingerprint density at radius 1 is 1.27 bits per heavy atom. The van der Waals surface area contributed by atoms with Crippen molar-refractivity contribution >= 4 is 9.84 Å². The van der Waals surface area contributed by atoms with Crippen LogP contribution in [-0.2, 0) is 9.84 Å². The summed E-state index contributed by atoms with van der Waals surface area (Å²) in [5, 5.41) is 8.71. The summed E-state index contributed by atoms with van der Waals surface area (Å²) in [5.41, 5.74) is 0. The Kier molecular flexibility index (Phi) is 3.88. The van der Waals surface area contributed by atoms with Crippen molar-refractivity contribution in [3.8, 4) is 0 Å². The average Bonchev–Trinajstić information content (AvgIpc) is 2.19. The fraction of sp³-hybridized carbons (Fsp3) is 0.455. The summed E-state index contributed by atoms with van der Waals surface area (Å²) in [6, 6.07) is 8.24. The third-order valence-corrected chi connectivity index (χ3v) is 4.86. The van der Waals surface area contributed by atoms with Crippen LogP contribution in [-0.4, -0.2) is 24.9 Å². The predicted octanol–water partition coefficient (Wildman–Crippen LogP) is 1.62. The van der Waals surface area contributed by atoms with Crippen LogP contribution in [0.15, 0.2) is 35.2 Å². The molecule has 2 atom stereocenters. The van der Waals surface area contributed by atoms with Crippen LogP contribution in [0.3, 0.4) is 0 Å². The second kappa shape index (κ2) is 4.77. The van der Waals surface area contributed by atoms with Gasteiger partial charge in [-0.15, -0.1) is 0 Å². The molecule has 0 aliphatic rings. The topological polar surface area (TPSA) is 54.4 Å². The van der Waals surface area contributed by atoms with Crippen LogP contribution in [0.4, 0.5) is 0 Å². The van der Waals surface area contributed by atoms with Gasteiger partial charge in [0.15, 0.2) is 9.84 Å². The second-order valence-corrected chi connectivity index (χ2v) is 5.71. The monoisotopic (exact) mass is 228 g/mol. The van der Waals surface area contributed by atoms with E-state index in [1.807, 2.05) is 0 Å². The van der Waals surface area contributed by atoms with Crippen molar-refractivity contribution in [3.05, 3.63) is 30.3 Å². The molecule has 0 aliphatic carbocycles. The van der Waals surface area contributed by atoms with Gasteiger partial charge in [-0.2, -0.15) is 0 Å². The standard InChI is InChI=1S/C11H16O3S/c1-3-11(9(2)12)15(13,14)10-7-5-4-6-8-10/h4-9,11-12H,3H2,1-2H3/t9-,11+/m1/s1. The summed E-state index contributed by atoms with van der Waals surface area (Å²) >= 11 is 0. The lowest BCUT2D eigenvalue weighted by molar-refractivity contribution is 0.186. The Morgan fingerprint density at radius 3 is 2.20 bits per heavy atom. The fourth-order valence-electron chi connectivity index (χ4n) is 1.60. The van der Waals surface area contributed by atoms with Gasteiger partial charge in [0.05, 0.1) is 16.2 Å². The molecule has 0 saturated carbocycles. The fourth-order valence-corrected chi connectivity index (χ4v) is 3.45. The van der Waals surface area contributed by atoms with Gasteiger partial charge in [0.25, 0.3) is 0 Å². The van der Waals surface area contributed by atoms with Crippen molar-refractivity contribution in [1.82, 2.24) is 0 Å². The molecule has 84 valence electrons. The predicted molar refractivity (Wildman–Crippen MR) is 59.4 cm³/mol. The van der Waals surface area contributed by atoms with Crippen molar-refractivity contribution in [1.29, 1.82) is 0 Å². The first kappa shape index (κ1) is 12.2. The quantitative estimate of drug-likeness (QED) is 0.852. The highest BCUT2D eigenvalue weighted by Crippen LogP contribution is 2.20. The zero-order valence-corrected chi connectivity index (χ0v) is 9.74. The molecule has 1 N–H and O–H groups in total. The molecule has 3 nitrogen and oxygen atoms in total. The van der Waals surface area contributed by atoms with Crippen molar-refractivity contribution in [3.63, 3.8) is 0 Å². The van der Waals surface area contributed by atoms with Gasteiger partial charge >= 0.3 is 0 Å². The van der Waals surface area contributed by atoms with Crippen molar-refractivity contribution in [2.75, 3.05) is 0 Å². The first-order valence-electron chi connectivity index (χ1n) is 4.97. The molecule has 0 spiro atoms. The van der Waals surface area contributed by atoms with Crippen LogP contribution in [0.25, 0.3) is 0 Å². The zero-order chi connectivity index (χ0) is 11.5. The first-order valence-corrected chi connectivity index (χ1v) is 6.51. The van der Waals surface area contributed by atoms with E-state index in [0.717, 1.165) is 0 Å². The molecule has 4 heteroatoms. The van der Waals surface area contributed by atoms with E-state index >= 15 is 0 Å². The zero-order valence-electron chi connectivity index (χ0n) is 8.92. The van der Waals surface area contributed by atoms with Gasteiger partial charge < -0.3 is 5.11 Å². The largest absolute Gasteiger partial charge is 0.392 e. The molecule has 0 unspecified atom stereocenters.